The minimum absolute atomic E-state index is 0.0216. The summed E-state index contributed by atoms with van der Waals surface area (Å²) in [7, 11) is 1.67. The summed E-state index contributed by atoms with van der Waals surface area (Å²) in [4.78, 5) is 20.5. The number of thiazole rings is 1. The predicted molar refractivity (Wildman–Crippen MR) is 130 cm³/mol. The van der Waals surface area contributed by atoms with Crippen molar-refractivity contribution in [1.82, 2.24) is 4.57 Å². The molecule has 4 aromatic rings. The Kier molecular flexibility index (Phi) is 4.70. The molecule has 2 aromatic heterocycles. The van der Waals surface area contributed by atoms with E-state index in [1.54, 1.807) is 18.4 Å². The second-order valence-corrected chi connectivity index (χ2v) is 9.89. The highest BCUT2D eigenvalue weighted by atomic mass is 32.1. The average Bonchev–Trinajstić information content (AvgIpc) is 3.46. The number of benzene rings is 2. The molecule has 0 N–H and O–H groups in total. The number of allylic oxidation sites excluding steroid dienone is 1. The number of hydrogen-bond donors (Lipinski definition) is 0. The lowest BCUT2D eigenvalue weighted by Gasteiger charge is -2.30. The smallest absolute Gasteiger partial charge is 0.271 e. The zero-order valence-corrected chi connectivity index (χ0v) is 19.1. The number of thiophene rings is 1. The van der Waals surface area contributed by atoms with Gasteiger partial charge in [0.15, 0.2) is 4.80 Å². The Balaban J connectivity index is 1.63. The lowest BCUT2D eigenvalue weighted by atomic mass is 9.83. The quantitative estimate of drug-likeness (QED) is 0.459. The van der Waals surface area contributed by atoms with Gasteiger partial charge >= 0.3 is 0 Å². The molecular formula is C26H20N2O2S2. The van der Waals surface area contributed by atoms with Crippen LogP contribution >= 0.6 is 22.7 Å². The van der Waals surface area contributed by atoms with Crippen LogP contribution in [0.2, 0.25) is 0 Å². The maximum atomic E-state index is 13.6. The Bertz CT molecular complexity index is 1520. The molecular weight excluding hydrogens is 436 g/mol. The molecule has 4 nitrogen and oxygen atoms in total. The molecule has 0 spiro atoms. The van der Waals surface area contributed by atoms with Crippen LogP contribution < -0.4 is 19.6 Å². The van der Waals surface area contributed by atoms with E-state index in [-0.39, 0.29) is 11.6 Å². The standard InChI is InChI=1S/C26H20N2O2S2/c1-30-18-11-8-17(9-12-18)24-21-13-10-16-5-2-3-7-20(16)23(21)27-26-28(24)25(29)22(32-26)15-19-6-4-14-31-19/h2-9,11-12,14-15,24H,10,13H2,1H3/b22-15-/t24-/m1/s1. The third kappa shape index (κ3) is 3.10. The SMILES string of the molecule is COc1ccc([C@@H]2C3=C(N=c4s/c(=C\c5cccs5)c(=O)n42)c2ccccc2CC3)cc1. The second kappa shape index (κ2) is 7.73. The van der Waals surface area contributed by atoms with E-state index < -0.39 is 0 Å². The van der Waals surface area contributed by atoms with Gasteiger partial charge in [-0.05, 0) is 59.2 Å². The minimum Gasteiger partial charge on any atom is -0.497 e. The summed E-state index contributed by atoms with van der Waals surface area (Å²) in [6.45, 7) is 0. The number of ether oxygens (including phenoxy) is 1. The first-order chi connectivity index (χ1) is 15.7. The van der Waals surface area contributed by atoms with Crippen LogP contribution in [0.1, 0.15) is 34.0 Å². The van der Waals surface area contributed by atoms with E-state index in [0.29, 0.717) is 0 Å². The van der Waals surface area contributed by atoms with Crippen molar-refractivity contribution >= 4 is 34.4 Å². The fourth-order valence-electron chi connectivity index (χ4n) is 4.61. The molecule has 0 unspecified atom stereocenters. The van der Waals surface area contributed by atoms with E-state index in [4.69, 9.17) is 9.73 Å². The second-order valence-electron chi connectivity index (χ2n) is 7.90. The van der Waals surface area contributed by atoms with E-state index in [2.05, 4.69) is 36.4 Å². The number of nitrogens with zero attached hydrogens (tertiary/aromatic N) is 2. The third-order valence-corrected chi connectivity index (χ3v) is 7.92. The topological polar surface area (TPSA) is 43.6 Å². The van der Waals surface area contributed by atoms with Gasteiger partial charge in [-0.2, -0.15) is 0 Å². The number of rotatable bonds is 3. The molecule has 0 saturated carbocycles. The molecule has 0 fully saturated rings. The van der Waals surface area contributed by atoms with Gasteiger partial charge in [0, 0.05) is 10.4 Å². The summed E-state index contributed by atoms with van der Waals surface area (Å²) in [5.74, 6) is 0.807. The molecule has 1 aliphatic heterocycles. The molecule has 32 heavy (non-hydrogen) atoms. The maximum Gasteiger partial charge on any atom is 0.271 e. The van der Waals surface area contributed by atoms with Crippen molar-refractivity contribution < 1.29 is 4.74 Å². The highest BCUT2D eigenvalue weighted by Gasteiger charge is 2.32. The molecule has 0 radical (unpaired) electrons. The van der Waals surface area contributed by atoms with Crippen molar-refractivity contribution in [2.45, 2.75) is 18.9 Å². The van der Waals surface area contributed by atoms with Gasteiger partial charge in [-0.1, -0.05) is 53.8 Å². The normalized spacial score (nSPS) is 17.4. The molecule has 0 saturated heterocycles. The van der Waals surface area contributed by atoms with E-state index in [1.165, 1.54) is 28.0 Å². The molecule has 0 bridgehead atoms. The molecule has 1 atom stereocenters. The number of fused-ring (bicyclic) bond motifs is 3. The molecule has 158 valence electrons. The third-order valence-electron chi connectivity index (χ3n) is 6.12. The van der Waals surface area contributed by atoms with Crippen LogP contribution in [0.25, 0.3) is 11.8 Å². The van der Waals surface area contributed by atoms with Gasteiger partial charge in [0.05, 0.1) is 23.4 Å². The number of aryl methyl sites for hydroxylation is 1. The summed E-state index contributed by atoms with van der Waals surface area (Å²) < 4.78 is 7.97. The Morgan fingerprint density at radius 2 is 1.91 bits per heavy atom. The fourth-order valence-corrected chi connectivity index (χ4v) is 6.33. The monoisotopic (exact) mass is 456 g/mol. The van der Waals surface area contributed by atoms with E-state index in [0.717, 1.165) is 44.1 Å². The predicted octanol–water partition coefficient (Wildman–Crippen LogP) is 4.39. The van der Waals surface area contributed by atoms with Crippen LogP contribution in [-0.2, 0) is 6.42 Å². The lowest BCUT2D eigenvalue weighted by Crippen LogP contribution is -2.38. The number of methoxy groups -OCH3 is 1. The van der Waals surface area contributed by atoms with E-state index in [1.807, 2.05) is 40.3 Å². The van der Waals surface area contributed by atoms with Crippen molar-refractivity contribution in [3.8, 4) is 5.75 Å². The summed E-state index contributed by atoms with van der Waals surface area (Å²) in [6, 6.07) is 20.4. The van der Waals surface area contributed by atoms with Crippen LogP contribution in [0.5, 0.6) is 5.75 Å². The van der Waals surface area contributed by atoms with Gasteiger partial charge in [0.25, 0.3) is 5.56 Å². The Morgan fingerprint density at radius 3 is 2.69 bits per heavy atom. The van der Waals surface area contributed by atoms with E-state index >= 15 is 0 Å². The highest BCUT2D eigenvalue weighted by Crippen LogP contribution is 2.41. The summed E-state index contributed by atoms with van der Waals surface area (Å²) >= 11 is 3.11. The van der Waals surface area contributed by atoms with Gasteiger partial charge in [-0.15, -0.1) is 11.3 Å². The van der Waals surface area contributed by atoms with Gasteiger partial charge in [-0.25, -0.2) is 4.99 Å². The van der Waals surface area contributed by atoms with Crippen molar-refractivity contribution in [2.75, 3.05) is 7.11 Å². The zero-order valence-electron chi connectivity index (χ0n) is 17.4. The van der Waals surface area contributed by atoms with Crippen molar-refractivity contribution in [2.24, 2.45) is 4.99 Å². The van der Waals surface area contributed by atoms with Gasteiger partial charge in [0.2, 0.25) is 0 Å². The minimum atomic E-state index is -0.161. The summed E-state index contributed by atoms with van der Waals surface area (Å²) in [5.41, 5.74) is 5.84. The average molecular weight is 457 g/mol. The van der Waals surface area contributed by atoms with Crippen LogP contribution in [0.3, 0.4) is 0 Å². The van der Waals surface area contributed by atoms with Crippen LogP contribution in [-0.4, -0.2) is 11.7 Å². The summed E-state index contributed by atoms with van der Waals surface area (Å²) in [6.07, 6.45) is 3.83. The Morgan fingerprint density at radius 1 is 1.06 bits per heavy atom. The van der Waals surface area contributed by atoms with Crippen molar-refractivity contribution in [3.63, 3.8) is 0 Å². The first-order valence-corrected chi connectivity index (χ1v) is 12.2. The van der Waals surface area contributed by atoms with E-state index in [9.17, 15) is 4.79 Å². The molecule has 2 aliphatic rings. The maximum absolute atomic E-state index is 13.6. The molecule has 3 heterocycles. The highest BCUT2D eigenvalue weighted by molar-refractivity contribution is 7.11. The Labute approximate surface area is 193 Å². The molecule has 6 heteroatoms. The van der Waals surface area contributed by atoms with Crippen molar-refractivity contribution in [3.05, 3.63) is 113 Å². The van der Waals surface area contributed by atoms with Crippen LogP contribution in [0, 0.1) is 0 Å². The van der Waals surface area contributed by atoms with Gasteiger partial charge in [0.1, 0.15) is 5.75 Å². The zero-order chi connectivity index (χ0) is 21.7. The van der Waals surface area contributed by atoms with Crippen molar-refractivity contribution in [1.29, 1.82) is 0 Å². The van der Waals surface area contributed by atoms with Gasteiger partial charge in [-0.3, -0.25) is 9.36 Å². The lowest BCUT2D eigenvalue weighted by molar-refractivity contribution is 0.414. The molecule has 6 rings (SSSR count). The molecule has 1 aliphatic carbocycles. The number of aromatic nitrogens is 1. The van der Waals surface area contributed by atoms with Crippen LogP contribution in [0.4, 0.5) is 0 Å². The Hall–Kier alpha value is -3.22. The van der Waals surface area contributed by atoms with Crippen LogP contribution in [0.15, 0.2) is 81.4 Å². The fraction of sp³-hybridized carbons (Fsp3) is 0.154. The first-order valence-electron chi connectivity index (χ1n) is 10.5. The number of hydrogen-bond acceptors (Lipinski definition) is 5. The molecule has 0 amide bonds. The summed E-state index contributed by atoms with van der Waals surface area (Å²) in [5, 5.41) is 2.03. The van der Waals surface area contributed by atoms with Gasteiger partial charge < -0.3 is 4.74 Å². The molecule has 2 aromatic carbocycles. The first kappa shape index (κ1) is 19.5. The largest absolute Gasteiger partial charge is 0.497 e.